The monoisotopic (exact) mass is 316 g/mol. The molecule has 0 unspecified atom stereocenters. The van der Waals surface area contributed by atoms with E-state index in [1.807, 2.05) is 18.5 Å². The Morgan fingerprint density at radius 3 is 2.78 bits per heavy atom. The van der Waals surface area contributed by atoms with Gasteiger partial charge in [-0.2, -0.15) is 0 Å². The van der Waals surface area contributed by atoms with Gasteiger partial charge in [0.2, 0.25) is 0 Å². The Balaban J connectivity index is 2.56. The Morgan fingerprint density at radius 1 is 1.44 bits per heavy atom. The molecule has 18 heavy (non-hydrogen) atoms. The summed E-state index contributed by atoms with van der Waals surface area (Å²) in [6.07, 6.45) is 0.755. The van der Waals surface area contributed by atoms with Crippen LogP contribution in [0.25, 0.3) is 0 Å². The minimum Gasteiger partial charge on any atom is -0.479 e. The maximum absolute atomic E-state index is 11.4. The second-order valence-corrected chi connectivity index (χ2v) is 4.31. The molecule has 0 aliphatic heterocycles. The fourth-order valence-electron chi connectivity index (χ4n) is 1.29. The van der Waals surface area contributed by atoms with Crippen LogP contribution in [0.3, 0.4) is 0 Å². The highest BCUT2D eigenvalue weighted by atomic mass is 79.9. The highest BCUT2D eigenvalue weighted by Gasteiger charge is 2.07. The number of hydroxylamine groups is 1. The van der Waals surface area contributed by atoms with Crippen molar-refractivity contribution in [2.24, 2.45) is 0 Å². The van der Waals surface area contributed by atoms with Crippen LogP contribution in [-0.4, -0.2) is 23.7 Å². The molecule has 0 heterocycles. The number of anilines is 1. The molecular weight excluding hydrogens is 304 g/mol. The molecular formula is C11H13BrN2O4. The summed E-state index contributed by atoms with van der Waals surface area (Å²) in [6.45, 7) is 1.38. The third kappa shape index (κ3) is 4.72. The Hall–Kier alpha value is -1.60. The van der Waals surface area contributed by atoms with Gasteiger partial charge in [-0.25, -0.2) is 15.1 Å². The lowest BCUT2D eigenvalue weighted by atomic mass is 10.1. The first-order chi connectivity index (χ1) is 8.52. The van der Waals surface area contributed by atoms with E-state index in [0.29, 0.717) is 5.69 Å². The van der Waals surface area contributed by atoms with E-state index in [1.54, 1.807) is 12.1 Å². The van der Waals surface area contributed by atoms with Gasteiger partial charge in [0.15, 0.2) is 6.61 Å². The minimum absolute atomic E-state index is 0.589. The zero-order chi connectivity index (χ0) is 13.5. The first kappa shape index (κ1) is 14.5. The Morgan fingerprint density at radius 2 is 2.17 bits per heavy atom. The molecule has 0 aliphatic carbocycles. The third-order valence-corrected chi connectivity index (χ3v) is 2.55. The lowest BCUT2D eigenvalue weighted by Crippen LogP contribution is -2.31. The van der Waals surface area contributed by atoms with Gasteiger partial charge in [-0.05, 0) is 30.2 Å². The normalized spacial score (nSPS) is 9.89. The van der Waals surface area contributed by atoms with Gasteiger partial charge < -0.3 is 10.4 Å². The quantitative estimate of drug-likeness (QED) is 0.726. The van der Waals surface area contributed by atoms with Crippen molar-refractivity contribution in [3.63, 3.8) is 0 Å². The van der Waals surface area contributed by atoms with Crippen molar-refractivity contribution < 1.29 is 19.5 Å². The van der Waals surface area contributed by atoms with Crippen LogP contribution in [0.2, 0.25) is 0 Å². The summed E-state index contributed by atoms with van der Waals surface area (Å²) < 4.78 is 0.924. The van der Waals surface area contributed by atoms with Crippen LogP contribution >= 0.6 is 15.9 Å². The van der Waals surface area contributed by atoms with Crippen LogP contribution in [-0.2, 0) is 16.1 Å². The Kier molecular flexibility index (Phi) is 5.60. The summed E-state index contributed by atoms with van der Waals surface area (Å²) in [5.74, 6) is -1.16. The SMILES string of the molecule is CCc1cc(Br)ccc1NC(=O)NOCC(=O)O. The number of benzene rings is 1. The molecule has 0 saturated carbocycles. The molecule has 1 rings (SSSR count). The van der Waals surface area contributed by atoms with Crippen molar-refractivity contribution in [2.75, 3.05) is 11.9 Å². The fraction of sp³-hybridized carbons (Fsp3) is 0.273. The zero-order valence-corrected chi connectivity index (χ0v) is 11.3. The van der Waals surface area contributed by atoms with E-state index < -0.39 is 18.6 Å². The number of carboxylic acids is 1. The summed E-state index contributed by atoms with van der Waals surface area (Å²) in [5.41, 5.74) is 3.59. The first-order valence-corrected chi connectivity index (χ1v) is 6.01. The van der Waals surface area contributed by atoms with Crippen LogP contribution in [0.5, 0.6) is 0 Å². The van der Waals surface area contributed by atoms with E-state index in [-0.39, 0.29) is 0 Å². The van der Waals surface area contributed by atoms with Crippen LogP contribution in [0.15, 0.2) is 22.7 Å². The van der Waals surface area contributed by atoms with E-state index in [4.69, 9.17) is 5.11 Å². The van der Waals surface area contributed by atoms with E-state index in [2.05, 4.69) is 26.1 Å². The van der Waals surface area contributed by atoms with Crippen molar-refractivity contribution in [3.05, 3.63) is 28.2 Å². The highest BCUT2D eigenvalue weighted by Crippen LogP contribution is 2.21. The van der Waals surface area contributed by atoms with Gasteiger partial charge in [0.1, 0.15) is 0 Å². The standard InChI is InChI=1S/C11H13BrN2O4/c1-2-7-5-8(12)3-4-9(7)13-11(17)14-18-6-10(15)16/h3-5H,2,6H2,1H3,(H,15,16)(H2,13,14,17). The topological polar surface area (TPSA) is 87.7 Å². The maximum Gasteiger partial charge on any atom is 0.343 e. The predicted octanol–water partition coefficient (Wildman–Crippen LogP) is 2.15. The third-order valence-electron chi connectivity index (χ3n) is 2.06. The maximum atomic E-state index is 11.4. The fourth-order valence-corrected chi connectivity index (χ4v) is 1.70. The first-order valence-electron chi connectivity index (χ1n) is 5.22. The number of aryl methyl sites for hydroxylation is 1. The predicted molar refractivity (Wildman–Crippen MR) is 69.3 cm³/mol. The van der Waals surface area contributed by atoms with E-state index >= 15 is 0 Å². The van der Waals surface area contributed by atoms with Gasteiger partial charge in [-0.1, -0.05) is 22.9 Å². The Labute approximate surface area is 112 Å². The molecule has 7 heteroatoms. The summed E-state index contributed by atoms with van der Waals surface area (Å²) in [6, 6.07) is 4.83. The van der Waals surface area contributed by atoms with Crippen molar-refractivity contribution in [3.8, 4) is 0 Å². The summed E-state index contributed by atoms with van der Waals surface area (Å²) in [7, 11) is 0. The molecule has 0 spiro atoms. The molecule has 1 aromatic carbocycles. The second-order valence-electron chi connectivity index (χ2n) is 3.39. The summed E-state index contributed by atoms with van der Waals surface area (Å²) >= 11 is 3.34. The van der Waals surface area contributed by atoms with Crippen molar-refractivity contribution >= 4 is 33.6 Å². The molecule has 0 atom stereocenters. The second kappa shape index (κ2) is 6.97. The van der Waals surface area contributed by atoms with Crippen LogP contribution < -0.4 is 10.8 Å². The molecule has 6 nitrogen and oxygen atoms in total. The lowest BCUT2D eigenvalue weighted by molar-refractivity contribution is -0.143. The van der Waals surface area contributed by atoms with E-state index in [0.717, 1.165) is 16.5 Å². The molecule has 0 fully saturated rings. The van der Waals surface area contributed by atoms with Crippen LogP contribution in [0.1, 0.15) is 12.5 Å². The zero-order valence-electron chi connectivity index (χ0n) is 9.70. The number of amides is 2. The van der Waals surface area contributed by atoms with E-state index in [9.17, 15) is 9.59 Å². The number of nitrogens with one attached hydrogen (secondary N) is 2. The lowest BCUT2D eigenvalue weighted by Gasteiger charge is -2.10. The van der Waals surface area contributed by atoms with Crippen molar-refractivity contribution in [1.29, 1.82) is 0 Å². The number of urea groups is 1. The number of hydrogen-bond acceptors (Lipinski definition) is 3. The van der Waals surface area contributed by atoms with Crippen LogP contribution in [0.4, 0.5) is 10.5 Å². The number of aliphatic carboxylic acids is 1. The highest BCUT2D eigenvalue weighted by molar-refractivity contribution is 9.10. The molecule has 1 aromatic rings. The summed E-state index contributed by atoms with van der Waals surface area (Å²) in [5, 5.41) is 10.9. The Bertz CT molecular complexity index is 451. The molecule has 2 amide bonds. The molecule has 0 saturated heterocycles. The number of carbonyl (C=O) groups excluding carboxylic acids is 1. The number of rotatable bonds is 5. The van der Waals surface area contributed by atoms with Gasteiger partial charge in [0.05, 0.1) is 0 Å². The van der Waals surface area contributed by atoms with Gasteiger partial charge >= 0.3 is 12.0 Å². The van der Waals surface area contributed by atoms with Crippen molar-refractivity contribution in [2.45, 2.75) is 13.3 Å². The molecule has 98 valence electrons. The number of hydrogen-bond donors (Lipinski definition) is 3. The van der Waals surface area contributed by atoms with Gasteiger partial charge in [-0.3, -0.25) is 4.84 Å². The molecule has 0 radical (unpaired) electrons. The summed E-state index contributed by atoms with van der Waals surface area (Å²) in [4.78, 5) is 26.0. The average Bonchev–Trinajstić information content (AvgIpc) is 2.31. The minimum atomic E-state index is -1.16. The average molecular weight is 317 g/mol. The smallest absolute Gasteiger partial charge is 0.343 e. The molecule has 0 aliphatic rings. The molecule has 0 bridgehead atoms. The van der Waals surface area contributed by atoms with Gasteiger partial charge in [-0.15, -0.1) is 0 Å². The van der Waals surface area contributed by atoms with Crippen molar-refractivity contribution in [1.82, 2.24) is 5.48 Å². The molecule has 0 aromatic heterocycles. The number of halogens is 1. The number of carbonyl (C=O) groups is 2. The van der Waals surface area contributed by atoms with E-state index in [1.165, 1.54) is 0 Å². The van der Waals surface area contributed by atoms with Gasteiger partial charge in [0, 0.05) is 10.2 Å². The van der Waals surface area contributed by atoms with Crippen LogP contribution in [0, 0.1) is 0 Å². The van der Waals surface area contributed by atoms with Gasteiger partial charge in [0.25, 0.3) is 0 Å². The largest absolute Gasteiger partial charge is 0.479 e. The number of carboxylic acid groups (broad SMARTS) is 1. The molecule has 3 N–H and O–H groups in total.